The number of likely N-dealkylation sites (N-methyl/N-ethyl adjacent to an activating group) is 1. The molecule has 1 aliphatic heterocycles. The fourth-order valence-corrected chi connectivity index (χ4v) is 2.07. The number of para-hydroxylation sites is 1. The normalized spacial score (nSPS) is 17.4. The Bertz CT molecular complexity index is 407. The van der Waals surface area contributed by atoms with Crippen LogP contribution < -0.4 is 10.1 Å². The second-order valence-electron chi connectivity index (χ2n) is 4.83. The summed E-state index contributed by atoms with van der Waals surface area (Å²) in [6, 6.07) is 6.36. The third-order valence-corrected chi connectivity index (χ3v) is 2.74. The minimum atomic E-state index is -0.0602. The average Bonchev–Trinajstić information content (AvgIpc) is 2.53. The van der Waals surface area contributed by atoms with Crippen LogP contribution in [0.15, 0.2) is 24.3 Å². The van der Waals surface area contributed by atoms with E-state index < -0.39 is 0 Å². The smallest absolute Gasteiger partial charge is 0.130 e. The van der Waals surface area contributed by atoms with Crippen molar-refractivity contribution in [1.29, 1.82) is 0 Å². The van der Waals surface area contributed by atoms with Crippen LogP contribution >= 0.6 is 0 Å². The minimum Gasteiger partial charge on any atom is -0.487 e. The van der Waals surface area contributed by atoms with Crippen LogP contribution in [0.25, 0.3) is 6.08 Å². The molecule has 0 radical (unpaired) electrons. The van der Waals surface area contributed by atoms with Crippen molar-refractivity contribution in [2.75, 3.05) is 13.6 Å². The first-order valence-electron chi connectivity index (χ1n) is 5.74. The maximum atomic E-state index is 5.98. The van der Waals surface area contributed by atoms with E-state index in [-0.39, 0.29) is 5.60 Å². The molecule has 0 bridgehead atoms. The van der Waals surface area contributed by atoms with Crippen LogP contribution in [0.4, 0.5) is 0 Å². The first-order chi connectivity index (χ1) is 7.62. The first-order valence-corrected chi connectivity index (χ1v) is 5.74. The second-order valence-corrected chi connectivity index (χ2v) is 4.83. The summed E-state index contributed by atoms with van der Waals surface area (Å²) in [6.45, 7) is 5.15. The predicted molar refractivity (Wildman–Crippen MR) is 67.8 cm³/mol. The Hall–Kier alpha value is -1.28. The van der Waals surface area contributed by atoms with Crippen molar-refractivity contribution in [3.05, 3.63) is 35.4 Å². The quantitative estimate of drug-likeness (QED) is 0.840. The standard InChI is InChI=1S/C14H19NO/c1-14(2)10-12-7-4-6-11(13(12)16-14)8-5-9-15-3/h4-8,15H,9-10H2,1-3H3. The molecule has 0 fully saturated rings. The first kappa shape index (κ1) is 11.2. The summed E-state index contributed by atoms with van der Waals surface area (Å²) in [7, 11) is 1.94. The van der Waals surface area contributed by atoms with Crippen molar-refractivity contribution >= 4 is 6.08 Å². The van der Waals surface area contributed by atoms with Gasteiger partial charge in [-0.2, -0.15) is 0 Å². The summed E-state index contributed by atoms with van der Waals surface area (Å²) in [5.41, 5.74) is 2.44. The Kier molecular flexibility index (Phi) is 3.01. The largest absolute Gasteiger partial charge is 0.487 e. The molecule has 16 heavy (non-hydrogen) atoms. The van der Waals surface area contributed by atoms with E-state index in [4.69, 9.17) is 4.74 Å². The van der Waals surface area contributed by atoms with Crippen molar-refractivity contribution in [2.45, 2.75) is 25.9 Å². The topological polar surface area (TPSA) is 21.3 Å². The van der Waals surface area contributed by atoms with E-state index in [1.165, 1.54) is 11.1 Å². The number of rotatable bonds is 3. The van der Waals surface area contributed by atoms with Crippen molar-refractivity contribution in [3.63, 3.8) is 0 Å². The lowest BCUT2D eigenvalue weighted by molar-refractivity contribution is 0.138. The van der Waals surface area contributed by atoms with Gasteiger partial charge in [-0.3, -0.25) is 0 Å². The van der Waals surface area contributed by atoms with Crippen molar-refractivity contribution in [2.24, 2.45) is 0 Å². The van der Waals surface area contributed by atoms with Crippen LogP contribution in [0.3, 0.4) is 0 Å². The number of nitrogens with one attached hydrogen (secondary N) is 1. The molecule has 0 saturated heterocycles. The molecule has 86 valence electrons. The molecule has 0 aliphatic carbocycles. The van der Waals surface area contributed by atoms with Gasteiger partial charge in [-0.05, 0) is 26.5 Å². The molecular formula is C14H19NO. The summed E-state index contributed by atoms with van der Waals surface area (Å²) < 4.78 is 5.98. The third-order valence-electron chi connectivity index (χ3n) is 2.74. The van der Waals surface area contributed by atoms with Crippen molar-refractivity contribution in [1.82, 2.24) is 5.32 Å². The molecule has 0 aromatic heterocycles. The van der Waals surface area contributed by atoms with Crippen LogP contribution in [0.5, 0.6) is 5.75 Å². The zero-order chi connectivity index (χ0) is 11.6. The number of hydrogen-bond acceptors (Lipinski definition) is 2. The number of ether oxygens (including phenoxy) is 1. The summed E-state index contributed by atoms with van der Waals surface area (Å²) in [5, 5.41) is 3.09. The molecule has 2 rings (SSSR count). The Balaban J connectivity index is 2.26. The lowest BCUT2D eigenvalue weighted by Crippen LogP contribution is -2.24. The maximum absolute atomic E-state index is 5.98. The zero-order valence-corrected chi connectivity index (χ0v) is 10.2. The highest BCUT2D eigenvalue weighted by atomic mass is 16.5. The molecule has 0 atom stereocenters. The zero-order valence-electron chi connectivity index (χ0n) is 10.2. The van der Waals surface area contributed by atoms with Gasteiger partial charge in [0.25, 0.3) is 0 Å². The number of fused-ring (bicyclic) bond motifs is 1. The maximum Gasteiger partial charge on any atom is 0.130 e. The van der Waals surface area contributed by atoms with Gasteiger partial charge in [-0.1, -0.05) is 30.4 Å². The Morgan fingerprint density at radius 1 is 1.44 bits per heavy atom. The van der Waals surface area contributed by atoms with Gasteiger partial charge >= 0.3 is 0 Å². The molecule has 2 heteroatoms. The van der Waals surface area contributed by atoms with Crippen LogP contribution in [-0.2, 0) is 6.42 Å². The Labute approximate surface area is 97.3 Å². The molecule has 0 saturated carbocycles. The highest BCUT2D eigenvalue weighted by Gasteiger charge is 2.30. The molecule has 1 aromatic carbocycles. The molecule has 1 heterocycles. The van der Waals surface area contributed by atoms with Crippen LogP contribution in [0.1, 0.15) is 25.0 Å². The molecule has 1 N–H and O–H groups in total. The molecule has 1 aromatic rings. The highest BCUT2D eigenvalue weighted by molar-refractivity contribution is 5.61. The minimum absolute atomic E-state index is 0.0602. The summed E-state index contributed by atoms with van der Waals surface area (Å²) in [5.74, 6) is 1.06. The van der Waals surface area contributed by atoms with E-state index in [2.05, 4.69) is 49.5 Å². The average molecular weight is 217 g/mol. The van der Waals surface area contributed by atoms with Gasteiger partial charge in [0.15, 0.2) is 0 Å². The fourth-order valence-electron chi connectivity index (χ4n) is 2.07. The van der Waals surface area contributed by atoms with Crippen LogP contribution in [0, 0.1) is 0 Å². The van der Waals surface area contributed by atoms with Gasteiger partial charge in [0.1, 0.15) is 11.4 Å². The predicted octanol–water partition coefficient (Wildman–Crippen LogP) is 2.63. The van der Waals surface area contributed by atoms with Gasteiger partial charge in [-0.25, -0.2) is 0 Å². The molecule has 0 spiro atoms. The summed E-state index contributed by atoms with van der Waals surface area (Å²) >= 11 is 0. The molecule has 0 amide bonds. The number of hydrogen-bond donors (Lipinski definition) is 1. The van der Waals surface area contributed by atoms with E-state index in [0.29, 0.717) is 0 Å². The third kappa shape index (κ3) is 2.27. The molecule has 2 nitrogen and oxygen atoms in total. The Morgan fingerprint density at radius 3 is 3.00 bits per heavy atom. The fraction of sp³-hybridized carbons (Fsp3) is 0.429. The van der Waals surface area contributed by atoms with Gasteiger partial charge in [-0.15, -0.1) is 0 Å². The van der Waals surface area contributed by atoms with E-state index in [9.17, 15) is 0 Å². The molecule has 0 unspecified atom stereocenters. The SMILES string of the molecule is CNCC=Cc1cccc2c1OC(C)(C)C2. The molecule has 1 aliphatic rings. The van der Waals surface area contributed by atoms with Gasteiger partial charge in [0, 0.05) is 18.5 Å². The van der Waals surface area contributed by atoms with Crippen LogP contribution in [0.2, 0.25) is 0 Å². The van der Waals surface area contributed by atoms with Crippen molar-refractivity contribution < 1.29 is 4.74 Å². The molecular weight excluding hydrogens is 198 g/mol. The monoisotopic (exact) mass is 217 g/mol. The second kappa shape index (κ2) is 4.30. The van der Waals surface area contributed by atoms with Gasteiger partial charge in [0.05, 0.1) is 0 Å². The van der Waals surface area contributed by atoms with E-state index in [1.807, 2.05) is 7.05 Å². The van der Waals surface area contributed by atoms with Crippen LogP contribution in [-0.4, -0.2) is 19.2 Å². The van der Waals surface area contributed by atoms with E-state index in [1.54, 1.807) is 0 Å². The lowest BCUT2D eigenvalue weighted by atomic mass is 10.0. The highest BCUT2D eigenvalue weighted by Crippen LogP contribution is 2.37. The number of benzene rings is 1. The van der Waals surface area contributed by atoms with Crippen molar-refractivity contribution in [3.8, 4) is 5.75 Å². The Morgan fingerprint density at radius 2 is 2.25 bits per heavy atom. The summed E-state index contributed by atoms with van der Waals surface area (Å²) in [4.78, 5) is 0. The lowest BCUT2D eigenvalue weighted by Gasteiger charge is -2.17. The van der Waals surface area contributed by atoms with Gasteiger partial charge in [0.2, 0.25) is 0 Å². The van der Waals surface area contributed by atoms with E-state index in [0.717, 1.165) is 18.7 Å². The summed E-state index contributed by atoms with van der Waals surface area (Å²) in [6.07, 6.45) is 5.23. The van der Waals surface area contributed by atoms with Gasteiger partial charge < -0.3 is 10.1 Å². The van der Waals surface area contributed by atoms with E-state index >= 15 is 0 Å².